The van der Waals surface area contributed by atoms with E-state index in [9.17, 15) is 4.91 Å². The van der Waals surface area contributed by atoms with Crippen molar-refractivity contribution in [2.24, 2.45) is 5.18 Å². The number of hydrogen-bond donors (Lipinski definition) is 0. The molecule has 0 aromatic carbocycles. The number of pyridine rings is 1. The molecule has 2 heterocycles. The second-order valence-electron chi connectivity index (χ2n) is 2.81. The van der Waals surface area contributed by atoms with Crippen molar-refractivity contribution in [2.75, 3.05) is 0 Å². The molecule has 2 aromatic heterocycles. The molecular weight excluding hydrogens is 232 g/mol. The van der Waals surface area contributed by atoms with E-state index in [0.29, 0.717) is 0 Å². The Morgan fingerprint density at radius 3 is 3.08 bits per heavy atom. The second-order valence-corrected chi connectivity index (χ2v) is 3.73. The van der Waals surface area contributed by atoms with E-state index in [-0.39, 0.29) is 6.54 Å². The summed E-state index contributed by atoms with van der Waals surface area (Å²) in [6, 6.07) is 5.83. The normalized spacial score (nSPS) is 10.5. The highest BCUT2D eigenvalue weighted by Gasteiger charge is 1.98. The molecule has 0 radical (unpaired) electrons. The largest absolute Gasteiger partial charge is 0.323 e. The Hall–Kier alpha value is -1.16. The van der Waals surface area contributed by atoms with E-state index in [0.717, 1.165) is 15.6 Å². The van der Waals surface area contributed by atoms with Crippen LogP contribution in [-0.2, 0) is 6.54 Å². The number of fused-ring (bicyclic) bond motifs is 1. The van der Waals surface area contributed by atoms with Gasteiger partial charge in [0.15, 0.2) is 0 Å². The van der Waals surface area contributed by atoms with Crippen LogP contribution in [-0.4, -0.2) is 4.40 Å². The summed E-state index contributed by atoms with van der Waals surface area (Å²) in [5.41, 5.74) is 2.00. The molecule has 0 fully saturated rings. The Balaban J connectivity index is 2.54. The molecule has 0 atom stereocenters. The second kappa shape index (κ2) is 3.30. The first kappa shape index (κ1) is 8.44. The van der Waals surface area contributed by atoms with E-state index >= 15 is 0 Å². The van der Waals surface area contributed by atoms with Crippen LogP contribution in [0.4, 0.5) is 0 Å². The zero-order valence-corrected chi connectivity index (χ0v) is 8.36. The van der Waals surface area contributed by atoms with Crippen molar-refractivity contribution in [3.8, 4) is 0 Å². The summed E-state index contributed by atoms with van der Waals surface area (Å²) in [5, 5.41) is 2.85. The maximum atomic E-state index is 10.0. The predicted octanol–water partition coefficient (Wildman–Crippen LogP) is 2.97. The average molecular weight is 239 g/mol. The van der Waals surface area contributed by atoms with Crippen LogP contribution in [0, 0.1) is 4.91 Å². The molecule has 13 heavy (non-hydrogen) atoms. The van der Waals surface area contributed by atoms with Crippen LogP contribution in [0.15, 0.2) is 40.2 Å². The summed E-state index contributed by atoms with van der Waals surface area (Å²) < 4.78 is 3.02. The van der Waals surface area contributed by atoms with E-state index < -0.39 is 0 Å². The van der Waals surface area contributed by atoms with Gasteiger partial charge >= 0.3 is 0 Å². The van der Waals surface area contributed by atoms with Crippen molar-refractivity contribution < 1.29 is 0 Å². The summed E-state index contributed by atoms with van der Waals surface area (Å²) in [4.78, 5) is 10.0. The van der Waals surface area contributed by atoms with Crippen molar-refractivity contribution >= 4 is 21.4 Å². The molecule has 0 saturated heterocycles. The zero-order valence-electron chi connectivity index (χ0n) is 6.77. The molecule has 0 bridgehead atoms. The number of hydrogen-bond acceptors (Lipinski definition) is 2. The summed E-state index contributed by atoms with van der Waals surface area (Å²) in [5.74, 6) is 0. The van der Waals surface area contributed by atoms with Gasteiger partial charge in [-0.05, 0) is 39.7 Å². The van der Waals surface area contributed by atoms with Crippen LogP contribution in [0.5, 0.6) is 0 Å². The third-order valence-electron chi connectivity index (χ3n) is 1.88. The first-order valence-corrected chi connectivity index (χ1v) is 4.64. The summed E-state index contributed by atoms with van der Waals surface area (Å²) in [7, 11) is 0. The fourth-order valence-electron chi connectivity index (χ4n) is 1.29. The molecule has 0 N–H and O–H groups in total. The Morgan fingerprint density at radius 2 is 2.31 bits per heavy atom. The van der Waals surface area contributed by atoms with Crippen molar-refractivity contribution in [1.82, 2.24) is 4.40 Å². The van der Waals surface area contributed by atoms with E-state index in [1.165, 1.54) is 0 Å². The van der Waals surface area contributed by atoms with Gasteiger partial charge in [-0.3, -0.25) is 0 Å². The Bertz CT molecular complexity index is 450. The molecule has 2 rings (SSSR count). The Labute approximate surface area is 83.5 Å². The number of nitroso groups, excluding NO2 is 1. The quantitative estimate of drug-likeness (QED) is 0.741. The fourth-order valence-corrected chi connectivity index (χ4v) is 1.75. The van der Waals surface area contributed by atoms with E-state index in [1.807, 2.05) is 35.0 Å². The highest BCUT2D eigenvalue weighted by Crippen LogP contribution is 2.16. The molecule has 2 aromatic rings. The van der Waals surface area contributed by atoms with E-state index in [2.05, 4.69) is 21.1 Å². The third kappa shape index (κ3) is 1.62. The maximum absolute atomic E-state index is 10.0. The lowest BCUT2D eigenvalue weighted by Crippen LogP contribution is -1.84. The Morgan fingerprint density at radius 1 is 1.46 bits per heavy atom. The fraction of sp³-hybridized carbons (Fsp3) is 0.111. The first-order chi connectivity index (χ1) is 6.29. The van der Waals surface area contributed by atoms with Gasteiger partial charge in [-0.15, -0.1) is 0 Å². The monoisotopic (exact) mass is 238 g/mol. The highest BCUT2D eigenvalue weighted by molar-refractivity contribution is 9.10. The standard InChI is InChI=1S/C9H7BrN2O/c10-8-4-9-3-7(5-11-13)1-2-12(9)6-8/h1-4,6H,5H2. The van der Waals surface area contributed by atoms with E-state index in [4.69, 9.17) is 0 Å². The predicted molar refractivity (Wildman–Crippen MR) is 54.6 cm³/mol. The van der Waals surface area contributed by atoms with E-state index in [1.54, 1.807) is 0 Å². The molecule has 0 unspecified atom stereocenters. The highest BCUT2D eigenvalue weighted by atomic mass is 79.9. The lowest BCUT2D eigenvalue weighted by molar-refractivity contribution is 1.04. The number of halogens is 1. The first-order valence-electron chi connectivity index (χ1n) is 3.85. The van der Waals surface area contributed by atoms with Gasteiger partial charge in [-0.1, -0.05) is 5.18 Å². The minimum absolute atomic E-state index is 0.235. The summed E-state index contributed by atoms with van der Waals surface area (Å²) in [6.07, 6.45) is 3.88. The maximum Gasteiger partial charge on any atom is 0.106 e. The smallest absolute Gasteiger partial charge is 0.106 e. The van der Waals surface area contributed by atoms with Crippen molar-refractivity contribution in [1.29, 1.82) is 0 Å². The number of nitrogens with zero attached hydrogens (tertiary/aromatic N) is 2. The molecule has 0 aliphatic heterocycles. The molecule has 3 nitrogen and oxygen atoms in total. The van der Waals surface area contributed by atoms with Gasteiger partial charge < -0.3 is 4.40 Å². The van der Waals surface area contributed by atoms with Gasteiger partial charge in [0.05, 0.1) is 0 Å². The lowest BCUT2D eigenvalue weighted by Gasteiger charge is -1.96. The average Bonchev–Trinajstić information content (AvgIpc) is 2.44. The summed E-state index contributed by atoms with van der Waals surface area (Å²) >= 11 is 3.38. The molecule has 0 amide bonds. The van der Waals surface area contributed by atoms with Crippen LogP contribution in [0.1, 0.15) is 5.56 Å². The van der Waals surface area contributed by atoms with Gasteiger partial charge in [0, 0.05) is 22.4 Å². The third-order valence-corrected chi connectivity index (χ3v) is 2.31. The minimum Gasteiger partial charge on any atom is -0.323 e. The van der Waals surface area contributed by atoms with Crippen molar-refractivity contribution in [3.63, 3.8) is 0 Å². The number of rotatable bonds is 2. The molecule has 66 valence electrons. The van der Waals surface area contributed by atoms with Crippen LogP contribution >= 0.6 is 15.9 Å². The Kier molecular flexibility index (Phi) is 2.14. The van der Waals surface area contributed by atoms with Crippen molar-refractivity contribution in [3.05, 3.63) is 45.5 Å². The van der Waals surface area contributed by atoms with Gasteiger partial charge in [-0.2, -0.15) is 4.91 Å². The summed E-state index contributed by atoms with van der Waals surface area (Å²) in [6.45, 7) is 0.235. The van der Waals surface area contributed by atoms with Gasteiger partial charge in [0.1, 0.15) is 6.54 Å². The van der Waals surface area contributed by atoms with Gasteiger partial charge in [0.2, 0.25) is 0 Å². The van der Waals surface area contributed by atoms with Gasteiger partial charge in [0.25, 0.3) is 0 Å². The lowest BCUT2D eigenvalue weighted by atomic mass is 10.2. The van der Waals surface area contributed by atoms with Crippen LogP contribution in [0.3, 0.4) is 0 Å². The minimum atomic E-state index is 0.235. The molecule has 0 spiro atoms. The molecule has 0 aliphatic carbocycles. The molecular formula is C9H7BrN2O. The number of aromatic nitrogens is 1. The molecule has 4 heteroatoms. The van der Waals surface area contributed by atoms with Crippen molar-refractivity contribution in [2.45, 2.75) is 6.54 Å². The molecule has 0 aliphatic rings. The van der Waals surface area contributed by atoms with Gasteiger partial charge in [-0.25, -0.2) is 0 Å². The van der Waals surface area contributed by atoms with Crippen LogP contribution < -0.4 is 0 Å². The zero-order chi connectivity index (χ0) is 9.26. The molecule has 0 saturated carbocycles. The topological polar surface area (TPSA) is 33.8 Å². The SMILES string of the molecule is O=NCc1ccn2cc(Br)cc2c1. The van der Waals surface area contributed by atoms with Crippen LogP contribution in [0.2, 0.25) is 0 Å². The van der Waals surface area contributed by atoms with Crippen LogP contribution in [0.25, 0.3) is 5.52 Å².